The molecule has 0 atom stereocenters. The van der Waals surface area contributed by atoms with Gasteiger partial charge in [-0.3, -0.25) is 15.0 Å². The van der Waals surface area contributed by atoms with Crippen LogP contribution in [0.2, 0.25) is 0 Å². The van der Waals surface area contributed by atoms with Crippen LogP contribution in [0.15, 0.2) is 546 Å². The zero-order valence-electron chi connectivity index (χ0n) is 81.3. The number of rotatable bonds is 18. The summed E-state index contributed by atoms with van der Waals surface area (Å²) in [5.41, 5.74) is 31.1. The Labute approximate surface area is 867 Å². The first-order valence-corrected chi connectivity index (χ1v) is 50.1. The first-order chi connectivity index (χ1) is 74.3. The second-order valence-corrected chi connectivity index (χ2v) is 37.0. The molecule has 702 valence electrons. The molecule has 6 heterocycles. The molecule has 0 aliphatic carbocycles. The maximum absolute atomic E-state index is 5.03. The van der Waals surface area contributed by atoms with Crippen LogP contribution in [-0.2, 0) is 0 Å². The van der Waals surface area contributed by atoms with Crippen LogP contribution < -0.4 is 0 Å². The molecular formula is C138H90N12. The molecular weight excluding hydrogens is 1830 g/mol. The van der Waals surface area contributed by atoms with E-state index in [2.05, 4.69) is 416 Å². The molecule has 0 amide bonds. The third-order valence-electron chi connectivity index (χ3n) is 27.5. The van der Waals surface area contributed by atoms with Crippen molar-refractivity contribution in [1.82, 2.24) is 59.8 Å². The summed E-state index contributed by atoms with van der Waals surface area (Å²) in [6, 6.07) is 181. The summed E-state index contributed by atoms with van der Waals surface area (Å²) < 4.78 is 0. The third-order valence-corrected chi connectivity index (χ3v) is 27.5. The summed E-state index contributed by atoms with van der Waals surface area (Å²) >= 11 is 0. The van der Waals surface area contributed by atoms with E-state index in [9.17, 15) is 0 Å². The number of fused-ring (bicyclic) bond motifs is 9. The Hall–Kier alpha value is -20.3. The fourth-order valence-corrected chi connectivity index (χ4v) is 19.8. The second-order valence-electron chi connectivity index (χ2n) is 37.0. The lowest BCUT2D eigenvalue weighted by Gasteiger charge is -2.12. The molecule has 21 aromatic carbocycles. The largest absolute Gasteiger partial charge is 0.264 e. The number of aromatic nitrogens is 12. The Kier molecular flexibility index (Phi) is 25.0. The molecule has 0 spiro atoms. The fourth-order valence-electron chi connectivity index (χ4n) is 19.8. The Morgan fingerprint density at radius 2 is 0.393 bits per heavy atom. The van der Waals surface area contributed by atoms with E-state index < -0.39 is 0 Å². The highest BCUT2D eigenvalue weighted by molar-refractivity contribution is 6.13. The van der Waals surface area contributed by atoms with Gasteiger partial charge in [0.1, 0.15) is 0 Å². The lowest BCUT2D eigenvalue weighted by atomic mass is 9.93. The quantitative estimate of drug-likeness (QED) is 0.0751. The zero-order chi connectivity index (χ0) is 99.8. The van der Waals surface area contributed by atoms with E-state index in [0.29, 0.717) is 52.4 Å². The summed E-state index contributed by atoms with van der Waals surface area (Å²) in [6.07, 6.45) is 7.61. The van der Waals surface area contributed by atoms with Gasteiger partial charge in [0.25, 0.3) is 0 Å². The van der Waals surface area contributed by atoms with E-state index in [1.165, 1.54) is 65.7 Å². The van der Waals surface area contributed by atoms with Crippen molar-refractivity contribution in [2.45, 2.75) is 0 Å². The molecule has 27 rings (SSSR count). The molecule has 0 N–H and O–H groups in total. The van der Waals surface area contributed by atoms with E-state index in [1.54, 1.807) is 0 Å². The molecule has 0 radical (unpaired) electrons. The van der Waals surface area contributed by atoms with Crippen molar-refractivity contribution in [3.8, 4) is 203 Å². The van der Waals surface area contributed by atoms with Gasteiger partial charge in [-0.25, -0.2) is 44.9 Å². The normalized spacial score (nSPS) is 11.2. The molecule has 0 bridgehead atoms. The molecule has 0 saturated carbocycles. The van der Waals surface area contributed by atoms with E-state index in [0.717, 1.165) is 149 Å². The fraction of sp³-hybridized carbons (Fsp3) is 0. The van der Waals surface area contributed by atoms with E-state index in [4.69, 9.17) is 49.8 Å². The minimum atomic E-state index is 0.631. The van der Waals surface area contributed by atoms with Crippen molar-refractivity contribution in [1.29, 1.82) is 0 Å². The van der Waals surface area contributed by atoms with E-state index in [1.807, 2.05) is 140 Å². The van der Waals surface area contributed by atoms with Gasteiger partial charge in [0.15, 0.2) is 52.4 Å². The highest BCUT2D eigenvalue weighted by Crippen LogP contribution is 2.42. The van der Waals surface area contributed by atoms with Gasteiger partial charge < -0.3 is 0 Å². The molecule has 12 heteroatoms. The van der Waals surface area contributed by atoms with Crippen molar-refractivity contribution >= 4 is 64.9 Å². The monoisotopic (exact) mass is 1910 g/mol. The summed E-state index contributed by atoms with van der Waals surface area (Å²) in [7, 11) is 0. The summed E-state index contributed by atoms with van der Waals surface area (Å²) in [5, 5.41) is 11.8. The molecule has 0 aliphatic rings. The van der Waals surface area contributed by atoms with Crippen LogP contribution in [0.3, 0.4) is 0 Å². The second kappa shape index (κ2) is 41.2. The third kappa shape index (κ3) is 19.3. The lowest BCUT2D eigenvalue weighted by molar-refractivity contribution is 1.07. The van der Waals surface area contributed by atoms with Crippen molar-refractivity contribution < 1.29 is 0 Å². The predicted molar refractivity (Wildman–Crippen MR) is 616 cm³/mol. The molecule has 0 saturated heterocycles. The topological polar surface area (TPSA) is 155 Å². The van der Waals surface area contributed by atoms with Crippen LogP contribution >= 0.6 is 0 Å². The lowest BCUT2D eigenvalue weighted by Crippen LogP contribution is -2.00. The van der Waals surface area contributed by atoms with Crippen molar-refractivity contribution in [2.24, 2.45) is 0 Å². The zero-order valence-corrected chi connectivity index (χ0v) is 81.3. The number of nitrogens with zero attached hydrogens (tertiary/aromatic N) is 12. The van der Waals surface area contributed by atoms with Crippen molar-refractivity contribution in [2.75, 3.05) is 0 Å². The SMILES string of the molecule is c1ccc(-c2ccc(-c3nc(-c4ccccc4)nc(-c4ccc(-c5cccc(-c6cc7cccnc7c7ccccc67)c5)cc4)n3)cc2)cc1.c1ccc(-c2ccc(-c3nc(-c4ccccc4)nc(-c4cccc(-c5cccc(-c6ccc7c(c6)ncc6ccccc67)c5)c4)n3)cc2)cc1.c1ccc(-c2ccc(-c3nc(-c4ccccc4)nc(-c4cccc(-c5cccc(-c6ccc7c(ccc8ccncc87)c6)c5)c4)n3)cc2)cc1. The van der Waals surface area contributed by atoms with Crippen molar-refractivity contribution in [3.05, 3.63) is 546 Å². The summed E-state index contributed by atoms with van der Waals surface area (Å²) in [6.45, 7) is 0. The minimum Gasteiger partial charge on any atom is -0.264 e. The maximum Gasteiger partial charge on any atom is 0.164 e. The summed E-state index contributed by atoms with van der Waals surface area (Å²) in [4.78, 5) is 58.6. The average molecular weight is 1920 g/mol. The molecule has 150 heavy (non-hydrogen) atoms. The van der Waals surface area contributed by atoms with E-state index >= 15 is 0 Å². The van der Waals surface area contributed by atoms with Gasteiger partial charge in [-0.2, -0.15) is 0 Å². The van der Waals surface area contributed by atoms with Gasteiger partial charge in [0, 0.05) is 102 Å². The standard InChI is InChI=1S/3C46H30N4/c1-3-9-31(10-4-1)32-17-20-35(21-18-32)45-48-44(34-11-5-2-6-12-34)49-46(50-45)41-16-8-15-38(29-41)36-13-7-14-37(27-36)39-23-24-42-40(28-39)22-19-33-25-26-47-30-43(33)42;1-3-11-31(12-4-1)32-20-24-35(25-21-32)45-48-44(34-13-5-2-6-14-34)49-46(50-45)36-26-22-33(23-27-36)37-15-9-16-38(29-37)42-30-39-17-10-28-47-43(39)41-19-8-7-18-40(41)42;1-3-11-31(12-4-1)32-21-23-34(24-22-32)45-48-44(33-13-5-2-6-14-33)49-46(50-45)39-19-10-18-37(28-39)35-16-9-17-36(27-35)38-25-26-42-41-20-8-7-15-40(41)30-47-43(42)29-38/h3*1-30H. The number of hydrogen-bond acceptors (Lipinski definition) is 12. The van der Waals surface area contributed by atoms with Gasteiger partial charge >= 0.3 is 0 Å². The van der Waals surface area contributed by atoms with Gasteiger partial charge in [0.2, 0.25) is 0 Å². The number of pyridine rings is 3. The molecule has 27 aromatic rings. The Morgan fingerprint density at radius 1 is 0.120 bits per heavy atom. The highest BCUT2D eigenvalue weighted by Gasteiger charge is 2.21. The Morgan fingerprint density at radius 3 is 0.820 bits per heavy atom. The predicted octanol–water partition coefficient (Wildman–Crippen LogP) is 34.7. The van der Waals surface area contributed by atoms with Crippen LogP contribution in [0.4, 0.5) is 0 Å². The van der Waals surface area contributed by atoms with Crippen LogP contribution in [0.1, 0.15) is 0 Å². The number of hydrogen-bond donors (Lipinski definition) is 0. The molecule has 0 aliphatic heterocycles. The molecule has 0 unspecified atom stereocenters. The van der Waals surface area contributed by atoms with Gasteiger partial charge in [0.05, 0.1) is 11.0 Å². The molecule has 6 aromatic heterocycles. The molecule has 12 nitrogen and oxygen atoms in total. The molecule has 0 fully saturated rings. The van der Waals surface area contributed by atoms with Gasteiger partial charge in [-0.1, -0.05) is 461 Å². The minimum absolute atomic E-state index is 0.631. The Bertz CT molecular complexity index is 9280. The van der Waals surface area contributed by atoms with Crippen molar-refractivity contribution in [3.63, 3.8) is 0 Å². The first kappa shape index (κ1) is 90.9. The average Bonchev–Trinajstić information content (AvgIpc) is 0.792. The Balaban J connectivity index is 0.000000116. The van der Waals surface area contributed by atoms with E-state index in [-0.39, 0.29) is 0 Å². The van der Waals surface area contributed by atoms with Crippen LogP contribution in [0.5, 0.6) is 0 Å². The van der Waals surface area contributed by atoms with Crippen LogP contribution in [-0.4, -0.2) is 59.8 Å². The van der Waals surface area contributed by atoms with Crippen LogP contribution in [0, 0.1) is 0 Å². The van der Waals surface area contributed by atoms with Gasteiger partial charge in [-0.15, -0.1) is 0 Å². The van der Waals surface area contributed by atoms with Gasteiger partial charge in [-0.05, 0) is 188 Å². The maximum atomic E-state index is 5.03. The van der Waals surface area contributed by atoms with Crippen LogP contribution in [0.25, 0.3) is 268 Å². The smallest absolute Gasteiger partial charge is 0.164 e. The number of benzene rings is 21. The highest BCUT2D eigenvalue weighted by atomic mass is 15.1. The first-order valence-electron chi connectivity index (χ1n) is 50.1. The summed E-state index contributed by atoms with van der Waals surface area (Å²) in [5.74, 6) is 5.75.